The third-order valence-electron chi connectivity index (χ3n) is 2.16. The summed E-state index contributed by atoms with van der Waals surface area (Å²) in [5.74, 6) is -0.718. The summed E-state index contributed by atoms with van der Waals surface area (Å²) in [6, 6.07) is 6.41. The molecule has 5 nitrogen and oxygen atoms in total. The van der Waals surface area contributed by atoms with E-state index in [9.17, 15) is 9.59 Å². The summed E-state index contributed by atoms with van der Waals surface area (Å²) in [5, 5.41) is 6.86. The molecule has 0 unspecified atom stereocenters. The number of amides is 2. The summed E-state index contributed by atoms with van der Waals surface area (Å²) < 4.78 is 0. The molecule has 6 heteroatoms. The zero-order chi connectivity index (χ0) is 15.2. The van der Waals surface area contributed by atoms with Crippen molar-refractivity contribution < 1.29 is 9.59 Å². The van der Waals surface area contributed by atoms with Crippen LogP contribution in [0.25, 0.3) is 0 Å². The Hall–Kier alpha value is -1.88. The SMILES string of the molecule is CC(C)(C)/C=N\NC(=O)CNC(=O)c1ccc(Cl)cc1. The van der Waals surface area contributed by atoms with Crippen molar-refractivity contribution in [2.45, 2.75) is 20.8 Å². The quantitative estimate of drug-likeness (QED) is 0.660. The van der Waals surface area contributed by atoms with Crippen LogP contribution in [-0.4, -0.2) is 24.6 Å². The van der Waals surface area contributed by atoms with Crippen LogP contribution in [-0.2, 0) is 4.79 Å². The summed E-state index contributed by atoms with van der Waals surface area (Å²) in [6.45, 7) is 5.75. The van der Waals surface area contributed by atoms with Gasteiger partial charge >= 0.3 is 0 Å². The van der Waals surface area contributed by atoms with E-state index in [-0.39, 0.29) is 23.8 Å². The fraction of sp³-hybridized carbons (Fsp3) is 0.357. The molecule has 0 heterocycles. The topological polar surface area (TPSA) is 70.6 Å². The molecule has 0 aliphatic heterocycles. The lowest BCUT2D eigenvalue weighted by Gasteiger charge is -2.10. The standard InChI is InChI=1S/C14H18ClN3O2/c1-14(2,3)9-17-18-12(19)8-16-13(20)10-4-6-11(15)7-5-10/h4-7,9H,8H2,1-3H3,(H,16,20)(H,18,19)/b17-9-. The van der Waals surface area contributed by atoms with Crippen LogP contribution in [0, 0.1) is 5.41 Å². The predicted molar refractivity (Wildman–Crippen MR) is 79.9 cm³/mol. The smallest absolute Gasteiger partial charge is 0.259 e. The molecule has 0 saturated carbocycles. The molecule has 0 atom stereocenters. The minimum atomic E-state index is -0.382. The number of nitrogens with zero attached hydrogens (tertiary/aromatic N) is 1. The lowest BCUT2D eigenvalue weighted by molar-refractivity contribution is -0.120. The highest BCUT2D eigenvalue weighted by Gasteiger charge is 2.08. The van der Waals surface area contributed by atoms with E-state index in [2.05, 4.69) is 15.8 Å². The Bertz CT molecular complexity index is 504. The Morgan fingerprint density at radius 2 is 1.85 bits per heavy atom. The monoisotopic (exact) mass is 295 g/mol. The van der Waals surface area contributed by atoms with E-state index in [4.69, 9.17) is 11.6 Å². The van der Waals surface area contributed by atoms with Gasteiger partial charge in [0.15, 0.2) is 0 Å². The molecule has 2 N–H and O–H groups in total. The Balaban J connectivity index is 2.39. The molecule has 0 aliphatic rings. The Morgan fingerprint density at radius 1 is 1.25 bits per heavy atom. The van der Waals surface area contributed by atoms with Crippen LogP contribution in [0.15, 0.2) is 29.4 Å². The van der Waals surface area contributed by atoms with Crippen molar-refractivity contribution in [1.82, 2.24) is 10.7 Å². The van der Waals surface area contributed by atoms with Crippen molar-refractivity contribution in [2.24, 2.45) is 10.5 Å². The molecule has 0 saturated heterocycles. The normalized spacial score (nSPS) is 11.4. The molecule has 108 valence electrons. The Morgan fingerprint density at radius 3 is 2.40 bits per heavy atom. The summed E-state index contributed by atoms with van der Waals surface area (Å²) in [7, 11) is 0. The molecule has 0 aliphatic carbocycles. The Kier molecular flexibility index (Phi) is 5.70. The lowest BCUT2D eigenvalue weighted by atomic mass is 9.99. The van der Waals surface area contributed by atoms with Crippen molar-refractivity contribution in [1.29, 1.82) is 0 Å². The summed E-state index contributed by atoms with van der Waals surface area (Å²) >= 11 is 5.73. The van der Waals surface area contributed by atoms with Gasteiger partial charge in [-0.1, -0.05) is 32.4 Å². The summed E-state index contributed by atoms with van der Waals surface area (Å²) in [4.78, 5) is 23.2. The molecule has 20 heavy (non-hydrogen) atoms. The summed E-state index contributed by atoms with van der Waals surface area (Å²) in [5.41, 5.74) is 2.68. The van der Waals surface area contributed by atoms with E-state index < -0.39 is 0 Å². The highest BCUT2D eigenvalue weighted by Crippen LogP contribution is 2.09. The molecule has 2 amide bonds. The number of carbonyl (C=O) groups excluding carboxylic acids is 2. The van der Waals surface area contributed by atoms with E-state index in [1.807, 2.05) is 20.8 Å². The third kappa shape index (κ3) is 6.33. The van der Waals surface area contributed by atoms with Crippen LogP contribution < -0.4 is 10.7 Å². The Labute approximate surface area is 123 Å². The minimum Gasteiger partial charge on any atom is -0.343 e. The fourth-order valence-electron chi connectivity index (χ4n) is 1.20. The van der Waals surface area contributed by atoms with E-state index in [1.54, 1.807) is 30.5 Å². The van der Waals surface area contributed by atoms with Gasteiger partial charge in [0.2, 0.25) is 0 Å². The average Bonchev–Trinajstić information content (AvgIpc) is 2.35. The van der Waals surface area contributed by atoms with Gasteiger partial charge < -0.3 is 5.32 Å². The molecular formula is C14H18ClN3O2. The van der Waals surface area contributed by atoms with Gasteiger partial charge in [0, 0.05) is 16.8 Å². The van der Waals surface area contributed by atoms with Crippen LogP contribution in [0.2, 0.25) is 5.02 Å². The van der Waals surface area contributed by atoms with Crippen LogP contribution in [0.4, 0.5) is 0 Å². The molecule has 0 spiro atoms. The molecule has 1 aromatic carbocycles. The number of rotatable bonds is 4. The molecule has 1 aromatic rings. The summed E-state index contributed by atoms with van der Waals surface area (Å²) in [6.07, 6.45) is 1.63. The number of benzene rings is 1. The molecule has 1 rings (SSSR count). The second-order valence-electron chi connectivity index (χ2n) is 5.35. The third-order valence-corrected chi connectivity index (χ3v) is 2.41. The number of halogens is 1. The van der Waals surface area contributed by atoms with Crippen molar-refractivity contribution in [3.63, 3.8) is 0 Å². The van der Waals surface area contributed by atoms with Gasteiger partial charge in [0.25, 0.3) is 11.8 Å². The molecule has 0 fully saturated rings. The first-order valence-corrected chi connectivity index (χ1v) is 6.52. The van der Waals surface area contributed by atoms with Crippen LogP contribution >= 0.6 is 11.6 Å². The van der Waals surface area contributed by atoms with Gasteiger partial charge in [-0.3, -0.25) is 9.59 Å². The van der Waals surface area contributed by atoms with Crippen molar-refractivity contribution in [3.8, 4) is 0 Å². The second kappa shape index (κ2) is 7.05. The van der Waals surface area contributed by atoms with E-state index >= 15 is 0 Å². The van der Waals surface area contributed by atoms with Gasteiger partial charge in [0.1, 0.15) is 0 Å². The number of hydrazone groups is 1. The molecule has 0 radical (unpaired) electrons. The van der Waals surface area contributed by atoms with Crippen molar-refractivity contribution >= 4 is 29.6 Å². The number of carbonyl (C=O) groups is 2. The van der Waals surface area contributed by atoms with Crippen molar-refractivity contribution in [3.05, 3.63) is 34.9 Å². The van der Waals surface area contributed by atoms with Gasteiger partial charge in [-0.2, -0.15) is 5.10 Å². The molecular weight excluding hydrogens is 278 g/mol. The van der Waals surface area contributed by atoms with Crippen molar-refractivity contribution in [2.75, 3.05) is 6.54 Å². The maximum absolute atomic E-state index is 11.7. The zero-order valence-corrected chi connectivity index (χ0v) is 12.5. The van der Waals surface area contributed by atoms with Crippen LogP contribution in [0.1, 0.15) is 31.1 Å². The first-order chi connectivity index (χ1) is 9.28. The number of nitrogens with one attached hydrogen (secondary N) is 2. The first kappa shape index (κ1) is 16.2. The van der Waals surface area contributed by atoms with E-state index in [1.165, 1.54) is 0 Å². The van der Waals surface area contributed by atoms with Crippen LogP contribution in [0.5, 0.6) is 0 Å². The van der Waals surface area contributed by atoms with E-state index in [0.717, 1.165) is 0 Å². The number of hydrogen-bond donors (Lipinski definition) is 2. The van der Waals surface area contributed by atoms with E-state index in [0.29, 0.717) is 10.6 Å². The highest BCUT2D eigenvalue weighted by molar-refractivity contribution is 6.30. The molecule has 0 aromatic heterocycles. The average molecular weight is 296 g/mol. The van der Waals surface area contributed by atoms with Gasteiger partial charge in [-0.15, -0.1) is 0 Å². The fourth-order valence-corrected chi connectivity index (χ4v) is 1.33. The second-order valence-corrected chi connectivity index (χ2v) is 5.79. The zero-order valence-electron chi connectivity index (χ0n) is 11.7. The minimum absolute atomic E-state index is 0.111. The van der Waals surface area contributed by atoms with Gasteiger partial charge in [0.05, 0.1) is 6.54 Å². The largest absolute Gasteiger partial charge is 0.343 e. The maximum Gasteiger partial charge on any atom is 0.259 e. The first-order valence-electron chi connectivity index (χ1n) is 6.15. The number of hydrogen-bond acceptors (Lipinski definition) is 3. The highest BCUT2D eigenvalue weighted by atomic mass is 35.5. The molecule has 0 bridgehead atoms. The van der Waals surface area contributed by atoms with Gasteiger partial charge in [-0.05, 0) is 29.7 Å². The lowest BCUT2D eigenvalue weighted by Crippen LogP contribution is -2.35. The van der Waals surface area contributed by atoms with Crippen LogP contribution in [0.3, 0.4) is 0 Å². The van der Waals surface area contributed by atoms with Gasteiger partial charge in [-0.25, -0.2) is 5.43 Å². The predicted octanol–water partition coefficient (Wildman–Crippen LogP) is 2.22. The maximum atomic E-state index is 11.7.